The maximum absolute atomic E-state index is 11.9. The van der Waals surface area contributed by atoms with Gasteiger partial charge >= 0.3 is 0 Å². The van der Waals surface area contributed by atoms with E-state index in [0.29, 0.717) is 5.92 Å². The minimum absolute atomic E-state index is 0.174. The first-order valence-electron chi connectivity index (χ1n) is 8.34. The minimum Gasteiger partial charge on any atom is -0.368 e. The van der Waals surface area contributed by atoms with Crippen molar-refractivity contribution >= 4 is 5.91 Å². The van der Waals surface area contributed by atoms with Crippen LogP contribution in [-0.4, -0.2) is 68.6 Å². The molecule has 5 heteroatoms. The van der Waals surface area contributed by atoms with Crippen LogP contribution in [0.15, 0.2) is 0 Å². The lowest BCUT2D eigenvalue weighted by molar-refractivity contribution is -0.125. The molecule has 0 aromatic carbocycles. The Hall–Kier alpha value is -0.650. The van der Waals surface area contributed by atoms with Crippen molar-refractivity contribution in [1.29, 1.82) is 0 Å². The Bertz CT molecular complexity index is 362. The van der Waals surface area contributed by atoms with Gasteiger partial charge in [0, 0.05) is 13.1 Å². The number of nitrogens with two attached hydrogens (primary N) is 1. The number of carbonyl (C=O) groups excluding carboxylic acids is 1. The first-order chi connectivity index (χ1) is 9.98. The zero-order valence-corrected chi connectivity index (χ0v) is 13.9. The smallest absolute Gasteiger partial charge is 0.238 e. The van der Waals surface area contributed by atoms with Crippen LogP contribution in [0.1, 0.15) is 32.1 Å². The SMILES string of the molecule is CNC1(C(N)=O)CCCC1CCN(C)CC1CCN(C)C1. The van der Waals surface area contributed by atoms with Gasteiger partial charge in [-0.2, -0.15) is 0 Å². The van der Waals surface area contributed by atoms with Gasteiger partial charge in [-0.15, -0.1) is 0 Å². The van der Waals surface area contributed by atoms with Crippen molar-refractivity contribution in [2.75, 3.05) is 47.3 Å². The van der Waals surface area contributed by atoms with Crippen molar-refractivity contribution in [1.82, 2.24) is 15.1 Å². The van der Waals surface area contributed by atoms with E-state index in [9.17, 15) is 4.79 Å². The first-order valence-corrected chi connectivity index (χ1v) is 8.34. The molecule has 2 aliphatic rings. The Balaban J connectivity index is 1.80. The van der Waals surface area contributed by atoms with Crippen LogP contribution in [0.4, 0.5) is 0 Å². The van der Waals surface area contributed by atoms with Crippen LogP contribution in [0.5, 0.6) is 0 Å². The summed E-state index contributed by atoms with van der Waals surface area (Å²) in [5.74, 6) is 1.01. The molecule has 0 radical (unpaired) electrons. The second kappa shape index (κ2) is 7.07. The molecule has 1 saturated carbocycles. The number of carbonyl (C=O) groups is 1. The van der Waals surface area contributed by atoms with Gasteiger partial charge in [0.05, 0.1) is 0 Å². The van der Waals surface area contributed by atoms with Crippen LogP contribution in [0.3, 0.4) is 0 Å². The van der Waals surface area contributed by atoms with Crippen LogP contribution >= 0.6 is 0 Å². The van der Waals surface area contributed by atoms with E-state index in [2.05, 4.69) is 29.2 Å². The monoisotopic (exact) mass is 296 g/mol. The lowest BCUT2D eigenvalue weighted by Gasteiger charge is -2.33. The number of likely N-dealkylation sites (N-methyl/N-ethyl adjacent to an activating group) is 1. The summed E-state index contributed by atoms with van der Waals surface area (Å²) in [6.07, 6.45) is 5.48. The second-order valence-electron chi connectivity index (χ2n) is 7.14. The Morgan fingerprint density at radius 3 is 2.81 bits per heavy atom. The molecule has 21 heavy (non-hydrogen) atoms. The maximum atomic E-state index is 11.9. The summed E-state index contributed by atoms with van der Waals surface area (Å²) in [5, 5.41) is 3.23. The summed E-state index contributed by atoms with van der Waals surface area (Å²) in [7, 11) is 6.28. The van der Waals surface area contributed by atoms with E-state index >= 15 is 0 Å². The van der Waals surface area contributed by atoms with Crippen LogP contribution in [0.2, 0.25) is 0 Å². The van der Waals surface area contributed by atoms with Gasteiger partial charge in [0.25, 0.3) is 0 Å². The lowest BCUT2D eigenvalue weighted by Crippen LogP contribution is -2.56. The number of nitrogens with zero attached hydrogens (tertiary/aromatic N) is 2. The van der Waals surface area contributed by atoms with Crippen LogP contribution in [0.25, 0.3) is 0 Å². The molecule has 1 heterocycles. The molecular weight excluding hydrogens is 264 g/mol. The average molecular weight is 296 g/mol. The van der Waals surface area contributed by atoms with E-state index in [1.807, 2.05) is 7.05 Å². The Morgan fingerprint density at radius 2 is 2.24 bits per heavy atom. The fraction of sp³-hybridized carbons (Fsp3) is 0.938. The third-order valence-corrected chi connectivity index (χ3v) is 5.62. The molecule has 0 spiro atoms. The number of hydrogen-bond donors (Lipinski definition) is 2. The fourth-order valence-corrected chi connectivity index (χ4v) is 4.33. The summed E-state index contributed by atoms with van der Waals surface area (Å²) in [4.78, 5) is 16.7. The molecule has 122 valence electrons. The summed E-state index contributed by atoms with van der Waals surface area (Å²) in [6, 6.07) is 0. The number of nitrogens with one attached hydrogen (secondary N) is 1. The zero-order chi connectivity index (χ0) is 15.5. The third-order valence-electron chi connectivity index (χ3n) is 5.62. The Labute approximate surface area is 129 Å². The van der Waals surface area contributed by atoms with E-state index in [0.717, 1.165) is 38.1 Å². The molecule has 2 rings (SSSR count). The van der Waals surface area contributed by atoms with E-state index < -0.39 is 5.54 Å². The highest BCUT2D eigenvalue weighted by atomic mass is 16.1. The van der Waals surface area contributed by atoms with Gasteiger partial charge in [0.1, 0.15) is 5.54 Å². The van der Waals surface area contributed by atoms with Gasteiger partial charge in [-0.1, -0.05) is 6.42 Å². The number of hydrogen-bond acceptors (Lipinski definition) is 4. The normalized spacial score (nSPS) is 33.9. The van der Waals surface area contributed by atoms with Gasteiger partial charge in [-0.05, 0) is 71.8 Å². The molecule has 1 amide bonds. The van der Waals surface area contributed by atoms with Gasteiger partial charge < -0.3 is 20.9 Å². The summed E-state index contributed by atoms with van der Waals surface area (Å²) in [6.45, 7) is 4.67. The first kappa shape index (κ1) is 16.7. The number of primary amides is 1. The van der Waals surface area contributed by atoms with Gasteiger partial charge in [-0.25, -0.2) is 0 Å². The van der Waals surface area contributed by atoms with E-state index in [1.54, 1.807) is 0 Å². The highest BCUT2D eigenvalue weighted by Crippen LogP contribution is 2.37. The van der Waals surface area contributed by atoms with Gasteiger partial charge in [0.15, 0.2) is 0 Å². The van der Waals surface area contributed by atoms with Crippen molar-refractivity contribution in [2.24, 2.45) is 17.6 Å². The van der Waals surface area contributed by atoms with Crippen LogP contribution in [0, 0.1) is 11.8 Å². The maximum Gasteiger partial charge on any atom is 0.238 e. The number of amides is 1. The standard InChI is InChI=1S/C16H32N4O/c1-18-16(15(17)21)8-4-5-14(16)7-10-20(3)12-13-6-9-19(2)11-13/h13-14,18H,4-12H2,1-3H3,(H2,17,21). The predicted octanol–water partition coefficient (Wildman–Crippen LogP) is 0.504. The number of rotatable bonds is 7. The third kappa shape index (κ3) is 3.76. The van der Waals surface area contributed by atoms with Gasteiger partial charge in [0.2, 0.25) is 5.91 Å². The van der Waals surface area contributed by atoms with E-state index in [-0.39, 0.29) is 5.91 Å². The van der Waals surface area contributed by atoms with Crippen LogP contribution in [-0.2, 0) is 4.79 Å². The topological polar surface area (TPSA) is 61.6 Å². The Morgan fingerprint density at radius 1 is 1.48 bits per heavy atom. The highest BCUT2D eigenvalue weighted by Gasteiger charge is 2.46. The molecule has 3 N–H and O–H groups in total. The van der Waals surface area contributed by atoms with Crippen molar-refractivity contribution in [3.63, 3.8) is 0 Å². The Kier molecular flexibility index (Phi) is 5.63. The molecule has 3 unspecified atom stereocenters. The molecule has 1 saturated heterocycles. The summed E-state index contributed by atoms with van der Waals surface area (Å²) in [5.41, 5.74) is 5.20. The molecular formula is C16H32N4O. The average Bonchev–Trinajstić information content (AvgIpc) is 3.03. The molecule has 0 aromatic rings. The molecule has 2 fully saturated rings. The number of likely N-dealkylation sites (tertiary alicyclic amines) is 1. The molecule has 1 aliphatic carbocycles. The molecule has 5 nitrogen and oxygen atoms in total. The molecule has 3 atom stereocenters. The quantitative estimate of drug-likeness (QED) is 0.718. The zero-order valence-electron chi connectivity index (χ0n) is 13.9. The van der Waals surface area contributed by atoms with Crippen molar-refractivity contribution < 1.29 is 4.79 Å². The van der Waals surface area contributed by atoms with Crippen molar-refractivity contribution in [2.45, 2.75) is 37.6 Å². The predicted molar refractivity (Wildman–Crippen MR) is 86.0 cm³/mol. The van der Waals surface area contributed by atoms with Crippen molar-refractivity contribution in [3.8, 4) is 0 Å². The minimum atomic E-state index is -0.464. The lowest BCUT2D eigenvalue weighted by atomic mass is 9.84. The van der Waals surface area contributed by atoms with E-state index in [4.69, 9.17) is 5.73 Å². The largest absolute Gasteiger partial charge is 0.368 e. The second-order valence-corrected chi connectivity index (χ2v) is 7.14. The van der Waals surface area contributed by atoms with Crippen LogP contribution < -0.4 is 11.1 Å². The molecule has 1 aliphatic heterocycles. The fourth-order valence-electron chi connectivity index (χ4n) is 4.33. The molecule has 0 aromatic heterocycles. The van der Waals surface area contributed by atoms with Gasteiger partial charge in [-0.3, -0.25) is 4.79 Å². The highest BCUT2D eigenvalue weighted by molar-refractivity contribution is 5.85. The van der Waals surface area contributed by atoms with Crippen molar-refractivity contribution in [3.05, 3.63) is 0 Å². The van der Waals surface area contributed by atoms with E-state index in [1.165, 1.54) is 26.1 Å². The summed E-state index contributed by atoms with van der Waals surface area (Å²) < 4.78 is 0. The molecule has 0 bridgehead atoms. The summed E-state index contributed by atoms with van der Waals surface area (Å²) >= 11 is 0.